The number of nitrogens with zero attached hydrogens (tertiary/aromatic N) is 1. The molecule has 0 fully saturated rings. The first kappa shape index (κ1) is 22.7. The number of amides is 1. The molecule has 2 aromatic carbocycles. The van der Waals surface area contributed by atoms with E-state index in [0.29, 0.717) is 24.4 Å². The highest BCUT2D eigenvalue weighted by Gasteiger charge is 2.31. The van der Waals surface area contributed by atoms with Gasteiger partial charge in [0.1, 0.15) is 11.8 Å². The summed E-state index contributed by atoms with van der Waals surface area (Å²) >= 11 is 0. The number of carbonyl (C=O) groups excluding carboxylic acids is 1. The van der Waals surface area contributed by atoms with E-state index >= 15 is 0 Å². The van der Waals surface area contributed by atoms with Crippen molar-refractivity contribution in [2.45, 2.75) is 39.2 Å². The third-order valence-electron chi connectivity index (χ3n) is 4.72. The number of hydrogen-bond donors (Lipinski definition) is 1. The van der Waals surface area contributed by atoms with Crippen LogP contribution in [-0.4, -0.2) is 40.3 Å². The van der Waals surface area contributed by atoms with Gasteiger partial charge in [-0.15, -0.1) is 0 Å². The van der Waals surface area contributed by atoms with Crippen molar-refractivity contribution >= 4 is 21.6 Å². The van der Waals surface area contributed by atoms with E-state index in [2.05, 4.69) is 29.6 Å². The van der Waals surface area contributed by atoms with E-state index < -0.39 is 16.1 Å². The predicted octanol–water partition coefficient (Wildman–Crippen LogP) is 3.30. The summed E-state index contributed by atoms with van der Waals surface area (Å²) in [7, 11) is -2.10. The maximum Gasteiger partial charge on any atom is 0.243 e. The lowest BCUT2D eigenvalue weighted by Crippen LogP contribution is -2.49. The van der Waals surface area contributed by atoms with Gasteiger partial charge < -0.3 is 10.1 Å². The number of benzene rings is 2. The molecule has 0 aliphatic carbocycles. The Hall–Kier alpha value is -2.54. The number of rotatable bonds is 10. The van der Waals surface area contributed by atoms with Gasteiger partial charge in [-0.1, -0.05) is 36.8 Å². The van der Waals surface area contributed by atoms with Crippen LogP contribution in [0, 0.1) is 6.92 Å². The summed E-state index contributed by atoms with van der Waals surface area (Å²) < 4.78 is 31.2. The SMILES string of the molecule is CC[C@H](C(=O)NCCCc1ccc(C)cc1)N(c1ccc(OC)cc1)S(C)(=O)=O. The Morgan fingerprint density at radius 2 is 1.72 bits per heavy atom. The first-order valence-corrected chi connectivity index (χ1v) is 11.6. The number of sulfonamides is 1. The van der Waals surface area contributed by atoms with Gasteiger partial charge in [-0.05, 0) is 56.0 Å². The molecule has 6 nitrogen and oxygen atoms in total. The van der Waals surface area contributed by atoms with Crippen LogP contribution in [0.1, 0.15) is 30.9 Å². The highest BCUT2D eigenvalue weighted by atomic mass is 32.2. The molecule has 0 unspecified atom stereocenters. The largest absolute Gasteiger partial charge is 0.497 e. The van der Waals surface area contributed by atoms with Crippen LogP contribution in [0.5, 0.6) is 5.75 Å². The molecule has 0 heterocycles. The molecule has 1 N–H and O–H groups in total. The van der Waals surface area contributed by atoms with Crippen molar-refractivity contribution < 1.29 is 17.9 Å². The monoisotopic (exact) mass is 418 g/mol. The van der Waals surface area contributed by atoms with Gasteiger partial charge in [-0.25, -0.2) is 8.42 Å². The maximum absolute atomic E-state index is 12.8. The average Bonchev–Trinajstić information content (AvgIpc) is 2.69. The smallest absolute Gasteiger partial charge is 0.243 e. The topological polar surface area (TPSA) is 75.7 Å². The van der Waals surface area contributed by atoms with Gasteiger partial charge in [0.05, 0.1) is 19.1 Å². The molecule has 0 spiro atoms. The standard InChI is InChI=1S/C22H30N2O4S/c1-5-21(22(25)23-16-6-7-18-10-8-17(2)9-11-18)24(29(4,26)27)19-12-14-20(28-3)15-13-19/h8-15,21H,5-7,16H2,1-4H3,(H,23,25)/t21-/m1/s1. The van der Waals surface area contributed by atoms with E-state index in [4.69, 9.17) is 4.74 Å². The molecule has 7 heteroatoms. The van der Waals surface area contributed by atoms with E-state index in [9.17, 15) is 13.2 Å². The lowest BCUT2D eigenvalue weighted by atomic mass is 10.1. The second-order valence-corrected chi connectivity index (χ2v) is 8.92. The molecule has 1 amide bonds. The third-order valence-corrected chi connectivity index (χ3v) is 5.90. The minimum atomic E-state index is -3.64. The Balaban J connectivity index is 2.04. The quantitative estimate of drug-likeness (QED) is 0.601. The molecule has 0 bridgehead atoms. The number of hydrogen-bond acceptors (Lipinski definition) is 4. The van der Waals surface area contributed by atoms with E-state index in [1.165, 1.54) is 15.4 Å². The van der Waals surface area contributed by atoms with Crippen molar-refractivity contribution in [1.82, 2.24) is 5.32 Å². The Labute approximate surface area is 173 Å². The van der Waals surface area contributed by atoms with Gasteiger partial charge in [0.2, 0.25) is 15.9 Å². The van der Waals surface area contributed by atoms with Crippen LogP contribution in [-0.2, 0) is 21.2 Å². The number of aryl methyl sites for hydroxylation is 2. The zero-order chi connectivity index (χ0) is 21.4. The van der Waals surface area contributed by atoms with Crippen molar-refractivity contribution in [2.24, 2.45) is 0 Å². The summed E-state index contributed by atoms with van der Waals surface area (Å²) in [5, 5.41) is 2.89. The Morgan fingerprint density at radius 3 is 2.24 bits per heavy atom. The molecule has 2 aromatic rings. The molecule has 158 valence electrons. The van der Waals surface area contributed by atoms with Gasteiger partial charge >= 0.3 is 0 Å². The van der Waals surface area contributed by atoms with Crippen LogP contribution >= 0.6 is 0 Å². The van der Waals surface area contributed by atoms with Crippen LogP contribution < -0.4 is 14.4 Å². The molecular weight excluding hydrogens is 388 g/mol. The summed E-state index contributed by atoms with van der Waals surface area (Å²) in [5.74, 6) is 0.327. The maximum atomic E-state index is 12.8. The van der Waals surface area contributed by atoms with E-state index in [1.807, 2.05) is 6.92 Å². The molecule has 0 saturated carbocycles. The molecule has 0 aromatic heterocycles. The first-order chi connectivity index (χ1) is 13.8. The Bertz CT molecular complexity index is 893. The van der Waals surface area contributed by atoms with Gasteiger partial charge in [0, 0.05) is 6.54 Å². The summed E-state index contributed by atoms with van der Waals surface area (Å²) in [5.41, 5.74) is 2.87. The van der Waals surface area contributed by atoms with Gasteiger partial charge in [0.25, 0.3) is 0 Å². The number of methoxy groups -OCH3 is 1. The van der Waals surface area contributed by atoms with Crippen LogP contribution in [0.25, 0.3) is 0 Å². The minimum absolute atomic E-state index is 0.294. The number of nitrogens with one attached hydrogen (secondary N) is 1. The van der Waals surface area contributed by atoms with E-state index in [1.54, 1.807) is 38.3 Å². The summed E-state index contributed by atoms with van der Waals surface area (Å²) in [6.45, 7) is 4.34. The van der Waals surface area contributed by atoms with Crippen molar-refractivity contribution in [3.05, 3.63) is 59.7 Å². The van der Waals surface area contributed by atoms with E-state index in [-0.39, 0.29) is 5.91 Å². The van der Waals surface area contributed by atoms with Gasteiger partial charge in [0.15, 0.2) is 0 Å². The normalized spacial score (nSPS) is 12.3. The molecule has 29 heavy (non-hydrogen) atoms. The first-order valence-electron chi connectivity index (χ1n) is 9.73. The second-order valence-electron chi connectivity index (χ2n) is 7.06. The zero-order valence-corrected chi connectivity index (χ0v) is 18.3. The number of carbonyl (C=O) groups is 1. The van der Waals surface area contributed by atoms with Gasteiger partial charge in [-0.3, -0.25) is 9.10 Å². The number of ether oxygens (including phenoxy) is 1. The van der Waals surface area contributed by atoms with Crippen LogP contribution in [0.2, 0.25) is 0 Å². The minimum Gasteiger partial charge on any atom is -0.497 e. The molecular formula is C22H30N2O4S. The molecule has 0 radical (unpaired) electrons. The second kappa shape index (κ2) is 10.3. The fraction of sp³-hybridized carbons (Fsp3) is 0.409. The lowest BCUT2D eigenvalue weighted by Gasteiger charge is -2.30. The lowest BCUT2D eigenvalue weighted by molar-refractivity contribution is -0.122. The van der Waals surface area contributed by atoms with Crippen LogP contribution in [0.3, 0.4) is 0 Å². The van der Waals surface area contributed by atoms with Crippen molar-refractivity contribution in [3.8, 4) is 5.75 Å². The Morgan fingerprint density at radius 1 is 1.10 bits per heavy atom. The summed E-state index contributed by atoms with van der Waals surface area (Å²) in [6, 6.07) is 14.2. The third kappa shape index (κ3) is 6.49. The highest BCUT2D eigenvalue weighted by Crippen LogP contribution is 2.25. The van der Waals surface area contributed by atoms with Crippen molar-refractivity contribution in [3.63, 3.8) is 0 Å². The molecule has 1 atom stereocenters. The Kier molecular flexibility index (Phi) is 8.08. The fourth-order valence-electron chi connectivity index (χ4n) is 3.17. The van der Waals surface area contributed by atoms with Crippen LogP contribution in [0.4, 0.5) is 5.69 Å². The fourth-order valence-corrected chi connectivity index (χ4v) is 4.38. The summed E-state index contributed by atoms with van der Waals surface area (Å²) in [4.78, 5) is 12.8. The highest BCUT2D eigenvalue weighted by molar-refractivity contribution is 7.92. The molecule has 0 aliphatic rings. The average molecular weight is 419 g/mol. The van der Waals surface area contributed by atoms with Crippen LogP contribution in [0.15, 0.2) is 48.5 Å². The number of anilines is 1. The predicted molar refractivity (Wildman–Crippen MR) is 117 cm³/mol. The van der Waals surface area contributed by atoms with Gasteiger partial charge in [-0.2, -0.15) is 0 Å². The molecule has 0 saturated heterocycles. The summed E-state index contributed by atoms with van der Waals surface area (Å²) in [6.07, 6.45) is 3.12. The van der Waals surface area contributed by atoms with Crippen molar-refractivity contribution in [2.75, 3.05) is 24.2 Å². The van der Waals surface area contributed by atoms with Crippen molar-refractivity contribution in [1.29, 1.82) is 0 Å². The molecule has 0 aliphatic heterocycles. The van der Waals surface area contributed by atoms with E-state index in [0.717, 1.165) is 19.1 Å². The zero-order valence-electron chi connectivity index (χ0n) is 17.5. The molecule has 2 rings (SSSR count).